The Morgan fingerprint density at radius 2 is 2.31 bits per heavy atom. The van der Waals surface area contributed by atoms with Gasteiger partial charge in [0.05, 0.1) is 0 Å². The first-order valence-electron chi connectivity index (χ1n) is 4.39. The van der Waals surface area contributed by atoms with E-state index < -0.39 is 0 Å². The minimum atomic E-state index is 0.288. The zero-order valence-corrected chi connectivity index (χ0v) is 8.89. The highest BCUT2D eigenvalue weighted by Gasteiger charge is 2.04. The van der Waals surface area contributed by atoms with Gasteiger partial charge in [-0.25, -0.2) is 9.97 Å². The summed E-state index contributed by atoms with van der Waals surface area (Å²) < 4.78 is 0. The van der Waals surface area contributed by atoms with Gasteiger partial charge in [-0.3, -0.25) is 0 Å². The first-order valence-corrected chi connectivity index (χ1v) is 4.77. The van der Waals surface area contributed by atoms with Crippen molar-refractivity contribution in [3.05, 3.63) is 17.0 Å². The summed E-state index contributed by atoms with van der Waals surface area (Å²) in [4.78, 5) is 7.99. The lowest BCUT2D eigenvalue weighted by atomic mass is 10.2. The van der Waals surface area contributed by atoms with Crippen LogP contribution in [0.3, 0.4) is 0 Å². The predicted molar refractivity (Wildman–Crippen MR) is 55.2 cm³/mol. The van der Waals surface area contributed by atoms with E-state index in [-0.39, 0.29) is 5.28 Å². The van der Waals surface area contributed by atoms with Crippen LogP contribution >= 0.6 is 11.6 Å². The molecule has 1 rings (SSSR count). The Morgan fingerprint density at radius 1 is 1.62 bits per heavy atom. The molecular formula is C9H14ClN3. The molecule has 1 N–H and O–H groups in total. The van der Waals surface area contributed by atoms with Gasteiger partial charge in [0.25, 0.3) is 0 Å². The highest BCUT2D eigenvalue weighted by Crippen LogP contribution is 2.14. The van der Waals surface area contributed by atoms with E-state index in [0.717, 1.165) is 17.8 Å². The highest BCUT2D eigenvalue weighted by atomic mass is 35.5. The standard InChI is InChI=1S/C9H14ClN3/c1-4-7(3)12-8-6(2)5-11-9(10)13-8/h5,7H,4H2,1-3H3,(H,11,12,13). The maximum absolute atomic E-state index is 5.68. The van der Waals surface area contributed by atoms with E-state index in [1.807, 2.05) is 6.92 Å². The number of nitrogens with zero attached hydrogens (tertiary/aromatic N) is 2. The molecule has 1 atom stereocenters. The first-order chi connectivity index (χ1) is 6.13. The maximum atomic E-state index is 5.68. The van der Waals surface area contributed by atoms with Crippen LogP contribution in [-0.2, 0) is 0 Å². The molecule has 0 aliphatic heterocycles. The van der Waals surface area contributed by atoms with Crippen LogP contribution in [0.4, 0.5) is 5.82 Å². The maximum Gasteiger partial charge on any atom is 0.224 e. The normalized spacial score (nSPS) is 12.6. The first kappa shape index (κ1) is 10.3. The number of hydrogen-bond acceptors (Lipinski definition) is 3. The zero-order chi connectivity index (χ0) is 9.84. The lowest BCUT2D eigenvalue weighted by molar-refractivity contribution is 0.757. The summed E-state index contributed by atoms with van der Waals surface area (Å²) >= 11 is 5.68. The van der Waals surface area contributed by atoms with Gasteiger partial charge >= 0.3 is 0 Å². The molecule has 0 aromatic carbocycles. The second-order valence-corrected chi connectivity index (χ2v) is 3.46. The van der Waals surface area contributed by atoms with Crippen molar-refractivity contribution in [1.82, 2.24) is 9.97 Å². The van der Waals surface area contributed by atoms with Gasteiger partial charge in [0.1, 0.15) is 5.82 Å². The molecule has 0 fully saturated rings. The summed E-state index contributed by atoms with van der Waals surface area (Å²) in [6.45, 7) is 6.19. The molecule has 0 aliphatic rings. The van der Waals surface area contributed by atoms with Crippen molar-refractivity contribution >= 4 is 17.4 Å². The molecule has 0 bridgehead atoms. The SMILES string of the molecule is CCC(C)Nc1nc(Cl)ncc1C. The van der Waals surface area contributed by atoms with Gasteiger partial charge in [0.15, 0.2) is 0 Å². The van der Waals surface area contributed by atoms with Crippen LogP contribution in [-0.4, -0.2) is 16.0 Å². The van der Waals surface area contributed by atoms with Crippen LogP contribution in [0.15, 0.2) is 6.20 Å². The van der Waals surface area contributed by atoms with Crippen molar-refractivity contribution in [2.24, 2.45) is 0 Å². The number of halogens is 1. The summed E-state index contributed by atoms with van der Waals surface area (Å²) in [5.41, 5.74) is 1.02. The van der Waals surface area contributed by atoms with E-state index >= 15 is 0 Å². The van der Waals surface area contributed by atoms with E-state index in [9.17, 15) is 0 Å². The van der Waals surface area contributed by atoms with Gasteiger partial charge in [-0.15, -0.1) is 0 Å². The lowest BCUT2D eigenvalue weighted by Crippen LogP contribution is -2.15. The number of anilines is 1. The summed E-state index contributed by atoms with van der Waals surface area (Å²) in [5, 5.41) is 3.55. The van der Waals surface area contributed by atoms with Crippen LogP contribution in [0, 0.1) is 6.92 Å². The number of aromatic nitrogens is 2. The molecule has 1 heterocycles. The van der Waals surface area contributed by atoms with E-state index in [4.69, 9.17) is 11.6 Å². The fourth-order valence-corrected chi connectivity index (χ4v) is 1.04. The third kappa shape index (κ3) is 2.84. The van der Waals surface area contributed by atoms with E-state index in [1.54, 1.807) is 6.20 Å². The Bertz CT molecular complexity index is 288. The van der Waals surface area contributed by atoms with Crippen molar-refractivity contribution < 1.29 is 0 Å². The van der Waals surface area contributed by atoms with Gasteiger partial charge < -0.3 is 5.32 Å². The highest BCUT2D eigenvalue weighted by molar-refractivity contribution is 6.28. The molecule has 0 radical (unpaired) electrons. The molecule has 0 saturated carbocycles. The zero-order valence-electron chi connectivity index (χ0n) is 8.13. The minimum Gasteiger partial charge on any atom is -0.367 e. The monoisotopic (exact) mass is 199 g/mol. The molecule has 1 aromatic rings. The summed E-state index contributed by atoms with van der Waals surface area (Å²) in [5.74, 6) is 0.828. The smallest absolute Gasteiger partial charge is 0.224 e. The van der Waals surface area contributed by atoms with Gasteiger partial charge in [-0.1, -0.05) is 6.92 Å². The summed E-state index contributed by atoms with van der Waals surface area (Å²) in [6.07, 6.45) is 2.78. The third-order valence-corrected chi connectivity index (χ3v) is 2.12. The van der Waals surface area contributed by atoms with Crippen molar-refractivity contribution in [3.8, 4) is 0 Å². The predicted octanol–water partition coefficient (Wildman–Crippen LogP) is 2.65. The van der Waals surface area contributed by atoms with Crippen LogP contribution in [0.25, 0.3) is 0 Å². The van der Waals surface area contributed by atoms with Gasteiger partial charge in [-0.2, -0.15) is 0 Å². The van der Waals surface area contributed by atoms with Crippen LogP contribution in [0.5, 0.6) is 0 Å². The minimum absolute atomic E-state index is 0.288. The van der Waals surface area contributed by atoms with Crippen molar-refractivity contribution in [2.75, 3.05) is 5.32 Å². The Hall–Kier alpha value is -0.830. The average Bonchev–Trinajstić information content (AvgIpc) is 2.11. The molecule has 0 spiro atoms. The van der Waals surface area contributed by atoms with Crippen molar-refractivity contribution in [1.29, 1.82) is 0 Å². The molecule has 0 saturated heterocycles. The fourth-order valence-electron chi connectivity index (χ4n) is 0.902. The molecule has 0 amide bonds. The largest absolute Gasteiger partial charge is 0.367 e. The molecule has 1 aromatic heterocycles. The number of rotatable bonds is 3. The lowest BCUT2D eigenvalue weighted by Gasteiger charge is -2.13. The molecular weight excluding hydrogens is 186 g/mol. The topological polar surface area (TPSA) is 37.8 Å². The van der Waals surface area contributed by atoms with Crippen LogP contribution in [0.2, 0.25) is 5.28 Å². The number of nitrogens with one attached hydrogen (secondary N) is 1. The number of hydrogen-bond donors (Lipinski definition) is 1. The Kier molecular flexibility index (Phi) is 3.48. The van der Waals surface area contributed by atoms with Crippen LogP contribution in [0.1, 0.15) is 25.8 Å². The Balaban J connectivity index is 2.81. The van der Waals surface area contributed by atoms with E-state index in [2.05, 4.69) is 29.1 Å². The van der Waals surface area contributed by atoms with Crippen molar-refractivity contribution in [3.63, 3.8) is 0 Å². The van der Waals surface area contributed by atoms with Gasteiger partial charge in [0.2, 0.25) is 5.28 Å². The molecule has 3 nitrogen and oxygen atoms in total. The Labute approximate surface area is 83.5 Å². The fraction of sp³-hybridized carbons (Fsp3) is 0.556. The Morgan fingerprint density at radius 3 is 2.92 bits per heavy atom. The molecule has 4 heteroatoms. The average molecular weight is 200 g/mol. The molecule has 72 valence electrons. The van der Waals surface area contributed by atoms with E-state index in [0.29, 0.717) is 6.04 Å². The molecule has 1 unspecified atom stereocenters. The second kappa shape index (κ2) is 4.42. The molecule has 13 heavy (non-hydrogen) atoms. The third-order valence-electron chi connectivity index (χ3n) is 1.94. The number of aryl methyl sites for hydroxylation is 1. The quantitative estimate of drug-likeness (QED) is 0.761. The van der Waals surface area contributed by atoms with Gasteiger partial charge in [-0.05, 0) is 31.9 Å². The molecule has 0 aliphatic carbocycles. The van der Waals surface area contributed by atoms with E-state index in [1.165, 1.54) is 0 Å². The van der Waals surface area contributed by atoms with Crippen LogP contribution < -0.4 is 5.32 Å². The summed E-state index contributed by atoms with van der Waals surface area (Å²) in [7, 11) is 0. The van der Waals surface area contributed by atoms with Gasteiger partial charge in [0, 0.05) is 17.8 Å². The second-order valence-electron chi connectivity index (χ2n) is 3.12. The van der Waals surface area contributed by atoms with Crippen molar-refractivity contribution in [2.45, 2.75) is 33.2 Å². The summed E-state index contributed by atoms with van der Waals surface area (Å²) in [6, 6.07) is 0.407.